The molecule has 0 N–H and O–H groups in total. The maximum absolute atomic E-state index is 13.4. The molecule has 10 heteroatoms. The summed E-state index contributed by atoms with van der Waals surface area (Å²) in [5.41, 5.74) is 1.63. The third-order valence-electron chi connectivity index (χ3n) is 5.12. The summed E-state index contributed by atoms with van der Waals surface area (Å²) >= 11 is 7.40. The predicted octanol–water partition coefficient (Wildman–Crippen LogP) is 5.26. The van der Waals surface area contributed by atoms with Gasteiger partial charge in [-0.2, -0.15) is 4.98 Å². The maximum Gasteiger partial charge on any atom is 0.237 e. The molecule has 2 aromatic heterocycles. The van der Waals surface area contributed by atoms with Crippen LogP contribution in [0.4, 0.5) is 4.39 Å². The number of aromatic nitrogens is 5. The number of thioether (sulfide) groups is 1. The predicted molar refractivity (Wildman–Crippen MR) is 119 cm³/mol. The average molecular weight is 472 g/mol. The molecule has 0 bridgehead atoms. The van der Waals surface area contributed by atoms with Gasteiger partial charge in [0.2, 0.25) is 11.7 Å². The van der Waals surface area contributed by atoms with Crippen LogP contribution in [0.2, 0.25) is 5.02 Å². The zero-order valence-electron chi connectivity index (χ0n) is 16.9. The fourth-order valence-corrected chi connectivity index (χ4v) is 4.43. The van der Waals surface area contributed by atoms with Crippen LogP contribution in [0.5, 0.6) is 0 Å². The van der Waals surface area contributed by atoms with Gasteiger partial charge in [0.25, 0.3) is 0 Å². The van der Waals surface area contributed by atoms with Gasteiger partial charge >= 0.3 is 0 Å². The van der Waals surface area contributed by atoms with Crippen molar-refractivity contribution in [1.82, 2.24) is 24.9 Å². The summed E-state index contributed by atoms with van der Waals surface area (Å²) in [6, 6.07) is 13.5. The zero-order valence-corrected chi connectivity index (χ0v) is 18.5. The highest BCUT2D eigenvalue weighted by atomic mass is 35.5. The van der Waals surface area contributed by atoms with Crippen molar-refractivity contribution in [2.75, 3.05) is 6.61 Å². The second-order valence-electron chi connectivity index (χ2n) is 7.37. The number of hydrogen-bond donors (Lipinski definition) is 0. The van der Waals surface area contributed by atoms with Gasteiger partial charge in [0.15, 0.2) is 11.0 Å². The molecule has 0 unspecified atom stereocenters. The lowest BCUT2D eigenvalue weighted by Crippen LogP contribution is -2.16. The Balaban J connectivity index is 1.36. The lowest BCUT2D eigenvalue weighted by molar-refractivity contribution is 0.0953. The second kappa shape index (κ2) is 9.40. The molecule has 2 aromatic carbocycles. The molecule has 1 aliphatic rings. The lowest BCUT2D eigenvalue weighted by atomic mass is 10.2. The molecule has 0 amide bonds. The molecule has 1 fully saturated rings. The van der Waals surface area contributed by atoms with E-state index in [4.69, 9.17) is 20.9 Å². The van der Waals surface area contributed by atoms with Gasteiger partial charge in [-0.15, -0.1) is 10.2 Å². The SMILES string of the molecule is Fc1ccc(-c2nnc(SCc3nc(-c4ccc(Cl)cc4)no3)n2C[C@H]2CCCO2)cc1. The smallest absolute Gasteiger partial charge is 0.237 e. The summed E-state index contributed by atoms with van der Waals surface area (Å²) in [6.07, 6.45) is 2.13. The highest BCUT2D eigenvalue weighted by molar-refractivity contribution is 7.98. The summed E-state index contributed by atoms with van der Waals surface area (Å²) in [5.74, 6) is 1.81. The quantitative estimate of drug-likeness (QED) is 0.340. The molecule has 7 nitrogen and oxygen atoms in total. The van der Waals surface area contributed by atoms with Crippen LogP contribution in [0.3, 0.4) is 0 Å². The summed E-state index contributed by atoms with van der Waals surface area (Å²) in [5, 5.41) is 14.2. The minimum atomic E-state index is -0.290. The normalized spacial score (nSPS) is 16.0. The van der Waals surface area contributed by atoms with Crippen LogP contribution in [0.15, 0.2) is 58.2 Å². The zero-order chi connectivity index (χ0) is 21.9. The number of halogens is 2. The molecular formula is C22H19ClFN5O2S. The average Bonchev–Trinajstić information content (AvgIpc) is 3.56. The molecule has 164 valence electrons. The topological polar surface area (TPSA) is 78.9 Å². The van der Waals surface area contributed by atoms with Crippen molar-refractivity contribution >= 4 is 23.4 Å². The van der Waals surface area contributed by atoms with Crippen molar-refractivity contribution in [1.29, 1.82) is 0 Å². The Hall–Kier alpha value is -2.75. The lowest BCUT2D eigenvalue weighted by Gasteiger charge is -2.14. The van der Waals surface area contributed by atoms with Crippen LogP contribution in [-0.4, -0.2) is 37.6 Å². The molecule has 1 atom stereocenters. The molecule has 0 aliphatic carbocycles. The minimum absolute atomic E-state index is 0.101. The van der Waals surface area contributed by atoms with E-state index in [-0.39, 0.29) is 11.9 Å². The van der Waals surface area contributed by atoms with E-state index < -0.39 is 0 Å². The molecule has 0 saturated carbocycles. The molecular weight excluding hydrogens is 453 g/mol. The van der Waals surface area contributed by atoms with Crippen molar-refractivity contribution in [3.05, 3.63) is 65.3 Å². The number of rotatable bonds is 7. The van der Waals surface area contributed by atoms with Gasteiger partial charge in [-0.1, -0.05) is 28.5 Å². The Bertz CT molecular complexity index is 1190. The third-order valence-corrected chi connectivity index (χ3v) is 6.33. The van der Waals surface area contributed by atoms with Crippen LogP contribution in [-0.2, 0) is 17.0 Å². The standard InChI is InChI=1S/C22H19ClFN5O2S/c23-16-7-3-14(4-8-16)20-25-19(31-28-20)13-32-22-27-26-21(15-5-9-17(24)10-6-15)29(22)12-18-2-1-11-30-18/h3-10,18H,1-2,11-13H2/t18-/m1/s1. The first-order chi connectivity index (χ1) is 15.7. The van der Waals surface area contributed by atoms with Crippen LogP contribution in [0, 0.1) is 5.82 Å². The summed E-state index contributed by atoms with van der Waals surface area (Å²) in [4.78, 5) is 4.47. The molecule has 0 spiro atoms. The molecule has 1 aliphatic heterocycles. The first-order valence-corrected chi connectivity index (χ1v) is 11.5. The van der Waals surface area contributed by atoms with E-state index in [1.54, 1.807) is 24.3 Å². The largest absolute Gasteiger partial charge is 0.376 e. The van der Waals surface area contributed by atoms with E-state index >= 15 is 0 Å². The van der Waals surface area contributed by atoms with Gasteiger partial charge in [0.1, 0.15) is 5.82 Å². The first-order valence-electron chi connectivity index (χ1n) is 10.2. The number of hydrogen-bond acceptors (Lipinski definition) is 7. The molecule has 5 rings (SSSR count). The van der Waals surface area contributed by atoms with E-state index in [9.17, 15) is 4.39 Å². The monoisotopic (exact) mass is 471 g/mol. The minimum Gasteiger partial charge on any atom is -0.376 e. The first kappa shape index (κ1) is 21.1. The summed E-state index contributed by atoms with van der Waals surface area (Å²) in [6.45, 7) is 1.39. The number of nitrogens with zero attached hydrogens (tertiary/aromatic N) is 5. The summed E-state index contributed by atoms with van der Waals surface area (Å²) in [7, 11) is 0. The third kappa shape index (κ3) is 4.69. The van der Waals surface area contributed by atoms with Crippen LogP contribution in [0.1, 0.15) is 18.7 Å². The summed E-state index contributed by atoms with van der Waals surface area (Å²) < 4.78 is 26.6. The number of benzene rings is 2. The Morgan fingerprint density at radius 3 is 2.59 bits per heavy atom. The van der Waals surface area contributed by atoms with Crippen LogP contribution >= 0.6 is 23.4 Å². The van der Waals surface area contributed by atoms with Crippen molar-refractivity contribution < 1.29 is 13.7 Å². The van der Waals surface area contributed by atoms with E-state index in [0.29, 0.717) is 40.0 Å². The fraction of sp³-hybridized carbons (Fsp3) is 0.273. The van der Waals surface area contributed by atoms with Gasteiger partial charge < -0.3 is 9.26 Å². The molecule has 3 heterocycles. The van der Waals surface area contributed by atoms with Gasteiger partial charge in [0, 0.05) is 22.8 Å². The van der Waals surface area contributed by atoms with Gasteiger partial charge in [0.05, 0.1) is 18.4 Å². The Morgan fingerprint density at radius 2 is 1.84 bits per heavy atom. The number of ether oxygens (including phenoxy) is 1. The highest BCUT2D eigenvalue weighted by Gasteiger charge is 2.22. The highest BCUT2D eigenvalue weighted by Crippen LogP contribution is 2.29. The van der Waals surface area contributed by atoms with Crippen molar-refractivity contribution in [3.8, 4) is 22.8 Å². The molecule has 1 saturated heterocycles. The molecule has 0 radical (unpaired) electrons. The maximum atomic E-state index is 13.4. The Kier molecular flexibility index (Phi) is 6.20. The van der Waals surface area contributed by atoms with Gasteiger partial charge in [-0.25, -0.2) is 4.39 Å². The van der Waals surface area contributed by atoms with Crippen molar-refractivity contribution in [2.45, 2.75) is 36.4 Å². The second-order valence-corrected chi connectivity index (χ2v) is 8.74. The van der Waals surface area contributed by atoms with Crippen LogP contribution < -0.4 is 0 Å². The molecule has 4 aromatic rings. The Labute approximate surface area is 193 Å². The van der Waals surface area contributed by atoms with E-state index in [1.165, 1.54) is 23.9 Å². The van der Waals surface area contributed by atoms with Crippen molar-refractivity contribution in [2.24, 2.45) is 0 Å². The van der Waals surface area contributed by atoms with Gasteiger partial charge in [-0.3, -0.25) is 4.57 Å². The van der Waals surface area contributed by atoms with E-state index in [2.05, 4.69) is 20.3 Å². The van der Waals surface area contributed by atoms with E-state index in [1.807, 2.05) is 16.7 Å². The van der Waals surface area contributed by atoms with Gasteiger partial charge in [-0.05, 0) is 61.4 Å². The van der Waals surface area contributed by atoms with Crippen LogP contribution in [0.25, 0.3) is 22.8 Å². The fourth-order valence-electron chi connectivity index (χ4n) is 3.52. The Morgan fingerprint density at radius 1 is 1.06 bits per heavy atom. The van der Waals surface area contributed by atoms with E-state index in [0.717, 1.165) is 30.6 Å². The van der Waals surface area contributed by atoms with Crippen molar-refractivity contribution in [3.63, 3.8) is 0 Å². The molecule has 32 heavy (non-hydrogen) atoms.